The molecule has 1 saturated carbocycles. The van der Waals surface area contributed by atoms with Gasteiger partial charge < -0.3 is 39.5 Å². The van der Waals surface area contributed by atoms with E-state index in [1.165, 1.54) is 11.6 Å². The number of aromatic amines is 1. The standard InChI is InChI=1S/C21H30ClN8O8P/c1-36-10-21(39(33,34)35,8-15-25-28-29-26-15)37-9-14-16(31)17(32)18(38-14)12-6-7-13-19(23-11-4-2-3-5-11)24-20(22)27-30(12)13/h6-7,11,14,16-18,31-32H,2-5,8-10H2,1H3,(H,23,24,27)(H2,33,34,35)(H,25,26,28,29)/t14-,16-,17-,18+,21?/m1/s1. The van der Waals surface area contributed by atoms with Crippen molar-refractivity contribution in [1.82, 2.24) is 35.2 Å². The second kappa shape index (κ2) is 11.3. The van der Waals surface area contributed by atoms with Crippen molar-refractivity contribution in [3.63, 3.8) is 0 Å². The van der Waals surface area contributed by atoms with Gasteiger partial charge in [0.2, 0.25) is 5.28 Å². The number of hydrogen-bond donors (Lipinski definition) is 6. The van der Waals surface area contributed by atoms with Crippen molar-refractivity contribution in [3.05, 3.63) is 28.9 Å². The Bertz CT molecular complexity index is 1320. The average Bonchev–Trinajstić information content (AvgIpc) is 3.68. The van der Waals surface area contributed by atoms with Crippen molar-refractivity contribution in [1.29, 1.82) is 0 Å². The predicted octanol–water partition coefficient (Wildman–Crippen LogP) is 0.192. The number of aliphatic hydroxyl groups excluding tert-OH is 2. The largest absolute Gasteiger partial charge is 0.387 e. The van der Waals surface area contributed by atoms with Crippen LogP contribution in [-0.4, -0.2) is 105 Å². The molecule has 0 aromatic carbocycles. The van der Waals surface area contributed by atoms with Crippen LogP contribution in [0.25, 0.3) is 5.52 Å². The van der Waals surface area contributed by atoms with Gasteiger partial charge in [-0.25, -0.2) is 4.52 Å². The molecule has 18 heteroatoms. The van der Waals surface area contributed by atoms with E-state index in [0.29, 0.717) is 17.0 Å². The fraction of sp³-hybridized carbons (Fsp3) is 0.667. The summed E-state index contributed by atoms with van der Waals surface area (Å²) in [6.07, 6.45) is -1.20. The van der Waals surface area contributed by atoms with Crippen LogP contribution in [0.2, 0.25) is 5.28 Å². The minimum Gasteiger partial charge on any atom is -0.387 e. The molecule has 39 heavy (non-hydrogen) atoms. The molecule has 3 aromatic heterocycles. The highest BCUT2D eigenvalue weighted by Crippen LogP contribution is 2.53. The summed E-state index contributed by atoms with van der Waals surface area (Å²) in [4.78, 5) is 24.6. The molecule has 3 aromatic rings. The molecule has 4 heterocycles. The van der Waals surface area contributed by atoms with E-state index in [2.05, 4.69) is 36.0 Å². The van der Waals surface area contributed by atoms with E-state index in [1.807, 2.05) is 0 Å². The Morgan fingerprint density at radius 3 is 2.72 bits per heavy atom. The number of methoxy groups -OCH3 is 1. The van der Waals surface area contributed by atoms with E-state index in [0.717, 1.165) is 25.7 Å². The zero-order chi connectivity index (χ0) is 27.8. The lowest BCUT2D eigenvalue weighted by atomic mass is 10.1. The van der Waals surface area contributed by atoms with Gasteiger partial charge in [0.05, 0.1) is 25.3 Å². The molecule has 0 spiro atoms. The van der Waals surface area contributed by atoms with Gasteiger partial charge in [0.1, 0.15) is 29.9 Å². The number of fused-ring (bicyclic) bond motifs is 1. The number of nitrogens with zero attached hydrogens (tertiary/aromatic N) is 6. The van der Waals surface area contributed by atoms with Gasteiger partial charge in [0, 0.05) is 13.2 Å². The highest BCUT2D eigenvalue weighted by Gasteiger charge is 2.52. The molecule has 1 aliphatic carbocycles. The Morgan fingerprint density at radius 2 is 2.05 bits per heavy atom. The second-order valence-corrected chi connectivity index (χ2v) is 12.0. The lowest BCUT2D eigenvalue weighted by molar-refractivity contribution is -0.105. The molecule has 1 aliphatic heterocycles. The molecule has 6 N–H and O–H groups in total. The van der Waals surface area contributed by atoms with Gasteiger partial charge in [-0.1, -0.05) is 18.1 Å². The normalized spacial score (nSPS) is 25.9. The van der Waals surface area contributed by atoms with Crippen molar-refractivity contribution in [2.24, 2.45) is 0 Å². The van der Waals surface area contributed by atoms with Crippen LogP contribution in [0.15, 0.2) is 12.1 Å². The number of aliphatic hydroxyl groups is 2. The Morgan fingerprint density at radius 1 is 1.28 bits per heavy atom. The maximum Gasteiger partial charge on any atom is 0.359 e. The van der Waals surface area contributed by atoms with E-state index in [9.17, 15) is 24.6 Å². The van der Waals surface area contributed by atoms with Crippen LogP contribution in [-0.2, 0) is 25.2 Å². The minimum absolute atomic E-state index is 0.0131. The maximum atomic E-state index is 12.5. The fourth-order valence-electron chi connectivity index (χ4n) is 5.09. The number of aromatic nitrogens is 7. The number of hydrogen-bond acceptors (Lipinski definition) is 12. The third kappa shape index (κ3) is 5.66. The van der Waals surface area contributed by atoms with E-state index in [1.54, 1.807) is 12.1 Å². The van der Waals surface area contributed by atoms with Crippen molar-refractivity contribution >= 4 is 30.5 Å². The Balaban J connectivity index is 1.37. The molecule has 1 saturated heterocycles. The number of ether oxygens (including phenoxy) is 3. The van der Waals surface area contributed by atoms with E-state index >= 15 is 0 Å². The number of rotatable bonds is 11. The van der Waals surface area contributed by atoms with Gasteiger partial charge in [0.15, 0.2) is 17.0 Å². The van der Waals surface area contributed by atoms with Gasteiger partial charge in [-0.05, 0) is 36.6 Å². The summed E-state index contributed by atoms with van der Waals surface area (Å²) in [7, 11) is -3.73. The van der Waals surface area contributed by atoms with E-state index in [4.69, 9.17) is 25.8 Å². The van der Waals surface area contributed by atoms with Crippen LogP contribution in [0.4, 0.5) is 5.82 Å². The summed E-state index contributed by atoms with van der Waals surface area (Å²) in [6.45, 7) is -1.01. The average molecular weight is 589 g/mol. The Kier molecular flexibility index (Phi) is 8.20. The number of tetrazole rings is 1. The molecule has 0 amide bonds. The molecule has 16 nitrogen and oxygen atoms in total. The summed E-state index contributed by atoms with van der Waals surface area (Å²) in [6, 6.07) is 3.71. The minimum atomic E-state index is -4.99. The summed E-state index contributed by atoms with van der Waals surface area (Å²) in [5, 5.41) is 40.2. The zero-order valence-corrected chi connectivity index (χ0v) is 22.6. The third-order valence-electron chi connectivity index (χ3n) is 7.10. The molecular weight excluding hydrogens is 559 g/mol. The third-order valence-corrected chi connectivity index (χ3v) is 8.74. The number of H-pyrrole nitrogens is 1. The first kappa shape index (κ1) is 28.3. The molecule has 0 radical (unpaired) electrons. The molecule has 1 unspecified atom stereocenters. The monoisotopic (exact) mass is 588 g/mol. The van der Waals surface area contributed by atoms with Crippen LogP contribution < -0.4 is 5.32 Å². The molecule has 2 fully saturated rings. The molecule has 2 aliphatic rings. The highest BCUT2D eigenvalue weighted by atomic mass is 35.5. The first-order chi connectivity index (χ1) is 18.6. The molecular formula is C21H30ClN8O8P. The van der Waals surface area contributed by atoms with Crippen LogP contribution >= 0.6 is 19.2 Å². The van der Waals surface area contributed by atoms with Crippen LogP contribution in [0.5, 0.6) is 0 Å². The summed E-state index contributed by atoms with van der Waals surface area (Å²) < 4.78 is 30.7. The van der Waals surface area contributed by atoms with Crippen molar-refractivity contribution < 1.29 is 38.8 Å². The van der Waals surface area contributed by atoms with Crippen LogP contribution in [0.1, 0.15) is 43.3 Å². The number of anilines is 1. The van der Waals surface area contributed by atoms with Gasteiger partial charge in [-0.2, -0.15) is 10.2 Å². The zero-order valence-electron chi connectivity index (χ0n) is 20.9. The van der Waals surface area contributed by atoms with Gasteiger partial charge in [0.25, 0.3) is 0 Å². The van der Waals surface area contributed by atoms with Crippen LogP contribution in [0, 0.1) is 0 Å². The van der Waals surface area contributed by atoms with Crippen molar-refractivity contribution in [3.8, 4) is 0 Å². The second-order valence-electron chi connectivity index (χ2n) is 9.73. The summed E-state index contributed by atoms with van der Waals surface area (Å²) in [5.41, 5.74) is 1.02. The molecule has 214 valence electrons. The lowest BCUT2D eigenvalue weighted by Crippen LogP contribution is -2.44. The lowest BCUT2D eigenvalue weighted by Gasteiger charge is -2.33. The maximum absolute atomic E-state index is 12.5. The van der Waals surface area contributed by atoms with Crippen LogP contribution in [0.3, 0.4) is 0 Å². The summed E-state index contributed by atoms with van der Waals surface area (Å²) in [5.74, 6) is 0.535. The smallest absolute Gasteiger partial charge is 0.359 e. The van der Waals surface area contributed by atoms with E-state index in [-0.39, 0.29) is 17.1 Å². The molecule has 5 rings (SSSR count). The first-order valence-corrected chi connectivity index (χ1v) is 14.3. The topological polar surface area (TPSA) is 222 Å². The highest BCUT2D eigenvalue weighted by molar-refractivity contribution is 7.53. The fourth-order valence-corrected chi connectivity index (χ4v) is 6.14. The molecule has 5 atom stereocenters. The van der Waals surface area contributed by atoms with Crippen molar-refractivity contribution in [2.45, 2.75) is 67.9 Å². The van der Waals surface area contributed by atoms with Gasteiger partial charge in [-0.15, -0.1) is 15.3 Å². The van der Waals surface area contributed by atoms with Crippen molar-refractivity contribution in [2.75, 3.05) is 25.6 Å². The first-order valence-electron chi connectivity index (χ1n) is 12.4. The SMILES string of the molecule is COCC(Cc1nn[nH]n1)(OC[C@H]1O[C@@H](c2ccc3c(NC4CCCC4)nc(Cl)nn23)[C@H](O)[C@@H]1O)P(=O)(O)O. The molecule has 0 bridgehead atoms. The Hall–Kier alpha value is -2.27. The van der Waals surface area contributed by atoms with E-state index < -0.39 is 57.0 Å². The quantitative estimate of drug-likeness (QED) is 0.165. The number of halogens is 1. The van der Waals surface area contributed by atoms with Gasteiger partial charge >= 0.3 is 7.60 Å². The number of nitrogens with one attached hydrogen (secondary N) is 2. The predicted molar refractivity (Wildman–Crippen MR) is 134 cm³/mol. The van der Waals surface area contributed by atoms with Gasteiger partial charge in [-0.3, -0.25) is 4.57 Å². The summed E-state index contributed by atoms with van der Waals surface area (Å²) >= 11 is 6.21. The Labute approximate surface area is 227 Å².